The van der Waals surface area contributed by atoms with Gasteiger partial charge in [0.15, 0.2) is 4.34 Å². The summed E-state index contributed by atoms with van der Waals surface area (Å²) in [6.45, 7) is 4.46. The van der Waals surface area contributed by atoms with Gasteiger partial charge in [-0.05, 0) is 43.2 Å². The fourth-order valence-electron chi connectivity index (χ4n) is 2.62. The molecule has 3 rings (SSSR count). The van der Waals surface area contributed by atoms with E-state index in [1.807, 2.05) is 19.1 Å². The Morgan fingerprint density at radius 3 is 2.79 bits per heavy atom. The van der Waals surface area contributed by atoms with Crippen LogP contribution in [0, 0.1) is 19.7 Å². The zero-order valence-corrected chi connectivity index (χ0v) is 17.5. The molecule has 5 nitrogen and oxygen atoms in total. The zero-order chi connectivity index (χ0) is 20.1. The number of carbonyl (C=O) groups is 1. The van der Waals surface area contributed by atoms with E-state index in [4.69, 9.17) is 0 Å². The lowest BCUT2D eigenvalue weighted by molar-refractivity contribution is -0.127. The second-order valence-corrected chi connectivity index (χ2v) is 8.68. The first-order valence-electron chi connectivity index (χ1n) is 8.69. The van der Waals surface area contributed by atoms with Crippen LogP contribution in [-0.2, 0) is 11.3 Å². The van der Waals surface area contributed by atoms with Crippen molar-refractivity contribution in [1.82, 2.24) is 15.1 Å². The molecule has 0 radical (unpaired) electrons. The van der Waals surface area contributed by atoms with Gasteiger partial charge < -0.3 is 10.2 Å². The molecule has 0 saturated carbocycles. The van der Waals surface area contributed by atoms with Crippen LogP contribution in [0.2, 0.25) is 0 Å². The lowest BCUT2D eigenvalue weighted by atomic mass is 10.1. The minimum atomic E-state index is -0.301. The number of aryl methyl sites for hydroxylation is 2. The number of nitrogens with zero attached hydrogens (tertiary/aromatic N) is 3. The van der Waals surface area contributed by atoms with Gasteiger partial charge in [-0.2, -0.15) is 0 Å². The zero-order valence-electron chi connectivity index (χ0n) is 15.9. The van der Waals surface area contributed by atoms with E-state index in [0.29, 0.717) is 11.7 Å². The van der Waals surface area contributed by atoms with Gasteiger partial charge >= 0.3 is 0 Å². The normalized spacial score (nSPS) is 10.7. The van der Waals surface area contributed by atoms with Gasteiger partial charge in [-0.25, -0.2) is 4.39 Å². The van der Waals surface area contributed by atoms with E-state index in [2.05, 4.69) is 28.5 Å². The van der Waals surface area contributed by atoms with Gasteiger partial charge in [0.1, 0.15) is 5.82 Å². The molecule has 0 aliphatic carbocycles. The SMILES string of the molecule is Cc1ccc(Nc2nnc(SCC(=O)N(C)Cc3cccc(F)c3)s2)c(C)c1. The number of halogens is 1. The maximum atomic E-state index is 13.3. The molecule has 0 fully saturated rings. The molecule has 0 aliphatic rings. The van der Waals surface area contributed by atoms with Crippen molar-refractivity contribution in [2.24, 2.45) is 0 Å². The smallest absolute Gasteiger partial charge is 0.233 e. The molecular formula is C20H21FN4OS2. The number of rotatable bonds is 7. The highest BCUT2D eigenvalue weighted by Crippen LogP contribution is 2.29. The summed E-state index contributed by atoms with van der Waals surface area (Å²) >= 11 is 2.76. The Kier molecular flexibility index (Phi) is 6.64. The lowest BCUT2D eigenvalue weighted by Gasteiger charge is -2.16. The van der Waals surface area contributed by atoms with Crippen LogP contribution in [0.25, 0.3) is 0 Å². The highest BCUT2D eigenvalue weighted by molar-refractivity contribution is 8.01. The van der Waals surface area contributed by atoms with Crippen molar-refractivity contribution in [3.63, 3.8) is 0 Å². The van der Waals surface area contributed by atoms with Crippen molar-refractivity contribution in [3.8, 4) is 0 Å². The standard InChI is InChI=1S/C20H21FN4OS2/c1-13-7-8-17(14(2)9-13)22-19-23-24-20(28-19)27-12-18(26)25(3)11-15-5-4-6-16(21)10-15/h4-10H,11-12H2,1-3H3,(H,22,23). The third kappa shape index (κ3) is 5.53. The van der Waals surface area contributed by atoms with Crippen LogP contribution < -0.4 is 5.32 Å². The van der Waals surface area contributed by atoms with E-state index in [-0.39, 0.29) is 17.5 Å². The third-order valence-electron chi connectivity index (χ3n) is 4.08. The molecule has 3 aromatic rings. The van der Waals surface area contributed by atoms with E-state index in [9.17, 15) is 9.18 Å². The van der Waals surface area contributed by atoms with Gasteiger partial charge in [0.05, 0.1) is 5.75 Å². The van der Waals surface area contributed by atoms with Crippen molar-refractivity contribution in [2.45, 2.75) is 24.7 Å². The number of aromatic nitrogens is 2. The quantitative estimate of drug-likeness (QED) is 0.561. The topological polar surface area (TPSA) is 58.1 Å². The number of thioether (sulfide) groups is 1. The highest BCUT2D eigenvalue weighted by atomic mass is 32.2. The Bertz CT molecular complexity index is 976. The summed E-state index contributed by atoms with van der Waals surface area (Å²) in [5.74, 6) is -0.0944. The van der Waals surface area contributed by atoms with Gasteiger partial charge in [0.25, 0.3) is 0 Å². The molecule has 1 N–H and O–H groups in total. The molecule has 1 amide bonds. The maximum absolute atomic E-state index is 13.3. The van der Waals surface area contributed by atoms with E-state index in [1.165, 1.54) is 40.8 Å². The minimum absolute atomic E-state index is 0.0478. The van der Waals surface area contributed by atoms with Gasteiger partial charge in [0, 0.05) is 19.3 Å². The summed E-state index contributed by atoms with van der Waals surface area (Å²) in [5, 5.41) is 12.2. The summed E-state index contributed by atoms with van der Waals surface area (Å²) in [4.78, 5) is 13.9. The number of anilines is 2. The minimum Gasteiger partial charge on any atom is -0.341 e. The van der Waals surface area contributed by atoms with E-state index < -0.39 is 0 Å². The maximum Gasteiger partial charge on any atom is 0.233 e. The second-order valence-electron chi connectivity index (χ2n) is 6.48. The molecule has 0 saturated heterocycles. The summed E-state index contributed by atoms with van der Waals surface area (Å²) in [6.07, 6.45) is 0. The summed E-state index contributed by atoms with van der Waals surface area (Å²) in [7, 11) is 1.71. The van der Waals surface area contributed by atoms with Gasteiger partial charge in [-0.3, -0.25) is 4.79 Å². The highest BCUT2D eigenvalue weighted by Gasteiger charge is 2.13. The van der Waals surface area contributed by atoms with Crippen molar-refractivity contribution < 1.29 is 9.18 Å². The van der Waals surface area contributed by atoms with Gasteiger partial charge in [-0.1, -0.05) is 52.9 Å². The molecular weight excluding hydrogens is 395 g/mol. The Labute approximate surface area is 172 Å². The van der Waals surface area contributed by atoms with Crippen molar-refractivity contribution in [1.29, 1.82) is 0 Å². The van der Waals surface area contributed by atoms with Crippen LogP contribution in [-0.4, -0.2) is 33.8 Å². The molecule has 0 unspecified atom stereocenters. The summed E-state index contributed by atoms with van der Waals surface area (Å²) < 4.78 is 14.0. The van der Waals surface area contributed by atoms with Crippen LogP contribution in [0.15, 0.2) is 46.8 Å². The molecule has 0 spiro atoms. The first-order chi connectivity index (χ1) is 13.4. The number of hydrogen-bond donors (Lipinski definition) is 1. The fraction of sp³-hybridized carbons (Fsp3) is 0.250. The van der Waals surface area contributed by atoms with Crippen molar-refractivity contribution >= 4 is 39.8 Å². The fourth-order valence-corrected chi connectivity index (χ4v) is 4.32. The van der Waals surface area contributed by atoms with Gasteiger partial charge in [0.2, 0.25) is 11.0 Å². The Morgan fingerprint density at radius 1 is 1.21 bits per heavy atom. The largest absolute Gasteiger partial charge is 0.341 e. The van der Waals surface area contributed by atoms with Crippen LogP contribution >= 0.6 is 23.1 Å². The average Bonchev–Trinajstić information content (AvgIpc) is 3.09. The summed E-state index contributed by atoms with van der Waals surface area (Å²) in [6, 6.07) is 12.4. The molecule has 1 aromatic heterocycles. The predicted octanol–water partition coefficient (Wildman–Crippen LogP) is 4.79. The van der Waals surface area contributed by atoms with Crippen molar-refractivity contribution in [3.05, 3.63) is 65.0 Å². The Balaban J connectivity index is 1.52. The van der Waals surface area contributed by atoms with E-state index >= 15 is 0 Å². The number of benzene rings is 2. The van der Waals surface area contributed by atoms with E-state index in [0.717, 1.165) is 21.2 Å². The first kappa shape index (κ1) is 20.3. The number of nitrogens with one attached hydrogen (secondary N) is 1. The van der Waals surface area contributed by atoms with Gasteiger partial charge in [-0.15, -0.1) is 10.2 Å². The van der Waals surface area contributed by atoms with Crippen LogP contribution in [0.5, 0.6) is 0 Å². The average molecular weight is 417 g/mol. The van der Waals surface area contributed by atoms with Crippen LogP contribution in [0.3, 0.4) is 0 Å². The molecule has 146 valence electrons. The third-order valence-corrected chi connectivity index (χ3v) is 6.04. The molecule has 0 bridgehead atoms. The monoisotopic (exact) mass is 416 g/mol. The van der Waals surface area contributed by atoms with Crippen molar-refractivity contribution in [2.75, 3.05) is 18.1 Å². The van der Waals surface area contributed by atoms with Crippen LogP contribution in [0.4, 0.5) is 15.2 Å². The molecule has 1 heterocycles. The molecule has 28 heavy (non-hydrogen) atoms. The van der Waals surface area contributed by atoms with Crippen LogP contribution in [0.1, 0.15) is 16.7 Å². The predicted molar refractivity (Wildman–Crippen MR) is 113 cm³/mol. The first-order valence-corrected chi connectivity index (χ1v) is 10.5. The molecule has 2 aromatic carbocycles. The number of hydrogen-bond acceptors (Lipinski definition) is 6. The molecule has 8 heteroatoms. The second kappa shape index (κ2) is 9.16. The lowest BCUT2D eigenvalue weighted by Crippen LogP contribution is -2.27. The van der Waals surface area contributed by atoms with E-state index in [1.54, 1.807) is 24.1 Å². The molecule has 0 aliphatic heterocycles. The number of carbonyl (C=O) groups excluding carboxylic acids is 1. The Hall–Kier alpha value is -2.45. The summed E-state index contributed by atoms with van der Waals surface area (Å²) in [5.41, 5.74) is 4.09. The molecule has 0 atom stereocenters. The Morgan fingerprint density at radius 2 is 2.04 bits per heavy atom. The number of amides is 1.